The summed E-state index contributed by atoms with van der Waals surface area (Å²) in [6, 6.07) is 11.5. The molecule has 1 fully saturated rings. The summed E-state index contributed by atoms with van der Waals surface area (Å²) in [5, 5.41) is 0. The Labute approximate surface area is 130 Å². The molecule has 1 aromatic carbocycles. The summed E-state index contributed by atoms with van der Waals surface area (Å²) in [4.78, 5) is 19.0. The summed E-state index contributed by atoms with van der Waals surface area (Å²) in [6.45, 7) is 2.84. The number of carbonyl (C=O) groups excluding carboxylic acids is 1. The maximum absolute atomic E-state index is 12.7. The van der Waals surface area contributed by atoms with Gasteiger partial charge in [-0.1, -0.05) is 18.2 Å². The minimum atomic E-state index is 0.0957. The molecule has 1 aromatic heterocycles. The van der Waals surface area contributed by atoms with Gasteiger partial charge in [0.2, 0.25) is 5.88 Å². The van der Waals surface area contributed by atoms with E-state index >= 15 is 0 Å². The number of hydrogen-bond donors (Lipinski definition) is 0. The Morgan fingerprint density at radius 2 is 2.09 bits per heavy atom. The molecule has 0 spiro atoms. The fourth-order valence-corrected chi connectivity index (χ4v) is 3.08. The van der Waals surface area contributed by atoms with Gasteiger partial charge in [-0.15, -0.1) is 0 Å². The fourth-order valence-electron chi connectivity index (χ4n) is 3.08. The van der Waals surface area contributed by atoms with Crippen LogP contribution in [0.5, 0.6) is 5.88 Å². The number of amides is 1. The summed E-state index contributed by atoms with van der Waals surface area (Å²) in [5.74, 6) is 0.707. The number of ether oxygens (including phenoxy) is 1. The predicted molar refractivity (Wildman–Crippen MR) is 85.0 cm³/mol. The van der Waals surface area contributed by atoms with Gasteiger partial charge in [-0.3, -0.25) is 4.79 Å². The van der Waals surface area contributed by atoms with Gasteiger partial charge in [0.1, 0.15) is 0 Å². The van der Waals surface area contributed by atoms with Crippen LogP contribution in [-0.4, -0.2) is 29.4 Å². The van der Waals surface area contributed by atoms with Crippen molar-refractivity contribution < 1.29 is 9.53 Å². The smallest absolute Gasteiger partial charge is 0.254 e. The molecule has 2 heterocycles. The molecule has 4 heteroatoms. The van der Waals surface area contributed by atoms with Crippen LogP contribution in [0.15, 0.2) is 42.6 Å². The molecular weight excluding hydrogens is 276 g/mol. The number of methoxy groups -OCH3 is 1. The van der Waals surface area contributed by atoms with Crippen LogP contribution in [0, 0.1) is 6.92 Å². The lowest BCUT2D eigenvalue weighted by molar-refractivity contribution is 0.0735. The highest BCUT2D eigenvalue weighted by Crippen LogP contribution is 2.35. The highest BCUT2D eigenvalue weighted by atomic mass is 16.5. The summed E-state index contributed by atoms with van der Waals surface area (Å²) in [6.07, 6.45) is 3.84. The van der Waals surface area contributed by atoms with Gasteiger partial charge in [0.05, 0.1) is 13.2 Å². The molecule has 4 nitrogen and oxygen atoms in total. The van der Waals surface area contributed by atoms with Crippen LogP contribution in [0.3, 0.4) is 0 Å². The Hall–Kier alpha value is -2.36. The third-order valence-corrected chi connectivity index (χ3v) is 4.23. The summed E-state index contributed by atoms with van der Waals surface area (Å²) < 4.78 is 5.16. The molecule has 3 rings (SSSR count). The van der Waals surface area contributed by atoms with Gasteiger partial charge in [0, 0.05) is 24.4 Å². The molecule has 0 bridgehead atoms. The molecule has 0 saturated carbocycles. The maximum Gasteiger partial charge on any atom is 0.254 e. The van der Waals surface area contributed by atoms with E-state index in [9.17, 15) is 4.79 Å². The molecule has 1 atom stereocenters. The lowest BCUT2D eigenvalue weighted by atomic mass is 10.0. The summed E-state index contributed by atoms with van der Waals surface area (Å²) in [7, 11) is 1.61. The average Bonchev–Trinajstić information content (AvgIpc) is 3.04. The number of benzene rings is 1. The van der Waals surface area contributed by atoms with E-state index in [1.54, 1.807) is 7.11 Å². The highest BCUT2D eigenvalue weighted by molar-refractivity contribution is 5.94. The monoisotopic (exact) mass is 296 g/mol. The van der Waals surface area contributed by atoms with Crippen LogP contribution in [0.25, 0.3) is 0 Å². The van der Waals surface area contributed by atoms with Crippen molar-refractivity contribution in [1.82, 2.24) is 9.88 Å². The van der Waals surface area contributed by atoms with Gasteiger partial charge >= 0.3 is 0 Å². The molecule has 0 N–H and O–H groups in total. The first-order valence-corrected chi connectivity index (χ1v) is 7.57. The zero-order valence-corrected chi connectivity index (χ0v) is 13.0. The number of nitrogens with zero attached hydrogens (tertiary/aromatic N) is 2. The van der Waals surface area contributed by atoms with E-state index in [4.69, 9.17) is 4.74 Å². The third-order valence-electron chi connectivity index (χ3n) is 4.23. The van der Waals surface area contributed by atoms with Gasteiger partial charge in [0.15, 0.2) is 0 Å². The highest BCUT2D eigenvalue weighted by Gasteiger charge is 2.31. The van der Waals surface area contributed by atoms with Gasteiger partial charge < -0.3 is 9.64 Å². The van der Waals surface area contributed by atoms with E-state index in [0.717, 1.165) is 36.1 Å². The second-order valence-electron chi connectivity index (χ2n) is 5.61. The Bertz CT molecular complexity index is 670. The number of aromatic nitrogens is 1. The van der Waals surface area contributed by atoms with Gasteiger partial charge in [0.25, 0.3) is 5.91 Å². The number of likely N-dealkylation sites (tertiary alicyclic amines) is 1. The Morgan fingerprint density at radius 3 is 2.77 bits per heavy atom. The van der Waals surface area contributed by atoms with E-state index in [-0.39, 0.29) is 11.9 Å². The van der Waals surface area contributed by atoms with E-state index in [1.165, 1.54) is 0 Å². The first kappa shape index (κ1) is 14.6. The van der Waals surface area contributed by atoms with E-state index in [2.05, 4.69) is 4.98 Å². The first-order valence-electron chi connectivity index (χ1n) is 7.57. The molecule has 1 aliphatic rings. The van der Waals surface area contributed by atoms with E-state index < -0.39 is 0 Å². The van der Waals surface area contributed by atoms with Crippen molar-refractivity contribution in [2.75, 3.05) is 13.7 Å². The Morgan fingerprint density at radius 1 is 1.32 bits per heavy atom. The first-order chi connectivity index (χ1) is 10.7. The number of aryl methyl sites for hydroxylation is 1. The number of pyridine rings is 1. The zero-order valence-electron chi connectivity index (χ0n) is 13.0. The molecule has 2 aromatic rings. The van der Waals surface area contributed by atoms with Crippen molar-refractivity contribution in [2.45, 2.75) is 25.8 Å². The second-order valence-corrected chi connectivity index (χ2v) is 5.61. The van der Waals surface area contributed by atoms with Crippen LogP contribution in [0.1, 0.15) is 40.4 Å². The van der Waals surface area contributed by atoms with Crippen LogP contribution in [-0.2, 0) is 0 Å². The number of hydrogen-bond acceptors (Lipinski definition) is 3. The predicted octanol–water partition coefficient (Wildman–Crippen LogP) is 3.38. The van der Waals surface area contributed by atoms with E-state index in [0.29, 0.717) is 5.88 Å². The summed E-state index contributed by atoms with van der Waals surface area (Å²) >= 11 is 0. The minimum Gasteiger partial charge on any atom is -0.481 e. The van der Waals surface area contributed by atoms with Crippen LogP contribution in [0.4, 0.5) is 0 Å². The van der Waals surface area contributed by atoms with Crippen molar-refractivity contribution >= 4 is 5.91 Å². The minimum absolute atomic E-state index is 0.0957. The molecular formula is C18H20N2O2. The van der Waals surface area contributed by atoms with Gasteiger partial charge in [-0.2, -0.15) is 0 Å². The van der Waals surface area contributed by atoms with Crippen molar-refractivity contribution in [1.29, 1.82) is 0 Å². The lowest BCUT2D eigenvalue weighted by Gasteiger charge is -2.26. The van der Waals surface area contributed by atoms with Crippen molar-refractivity contribution in [3.05, 3.63) is 59.3 Å². The van der Waals surface area contributed by atoms with Crippen molar-refractivity contribution in [2.24, 2.45) is 0 Å². The van der Waals surface area contributed by atoms with Crippen molar-refractivity contribution in [3.63, 3.8) is 0 Å². The van der Waals surface area contributed by atoms with Crippen molar-refractivity contribution in [3.8, 4) is 5.88 Å². The second kappa shape index (κ2) is 6.18. The summed E-state index contributed by atoms with van der Waals surface area (Å²) in [5.41, 5.74) is 2.97. The fraction of sp³-hybridized carbons (Fsp3) is 0.333. The van der Waals surface area contributed by atoms with Gasteiger partial charge in [-0.05, 0) is 43.0 Å². The Kier molecular flexibility index (Phi) is 4.09. The number of rotatable bonds is 3. The molecule has 114 valence electrons. The van der Waals surface area contributed by atoms with Crippen LogP contribution >= 0.6 is 0 Å². The topological polar surface area (TPSA) is 42.4 Å². The quantitative estimate of drug-likeness (QED) is 0.872. The molecule has 1 aliphatic heterocycles. The normalized spacial score (nSPS) is 17.5. The number of carbonyl (C=O) groups is 1. The third kappa shape index (κ3) is 2.69. The molecule has 1 unspecified atom stereocenters. The van der Waals surface area contributed by atoms with Gasteiger partial charge in [-0.25, -0.2) is 4.98 Å². The lowest BCUT2D eigenvalue weighted by Crippen LogP contribution is -2.30. The largest absolute Gasteiger partial charge is 0.481 e. The van der Waals surface area contributed by atoms with E-state index in [1.807, 2.05) is 54.4 Å². The molecule has 0 radical (unpaired) electrons. The Balaban J connectivity index is 1.89. The molecule has 0 aliphatic carbocycles. The SMILES string of the molecule is COc1cc(C)c(C2CCCN2C(=O)c2ccccc2)cn1. The standard InChI is InChI=1S/C18H20N2O2/c1-13-11-17(22-2)19-12-15(13)16-9-6-10-20(16)18(21)14-7-4-3-5-8-14/h3-5,7-8,11-12,16H,6,9-10H2,1-2H3. The average molecular weight is 296 g/mol. The zero-order chi connectivity index (χ0) is 15.5. The van der Waals surface area contributed by atoms with Crippen LogP contribution in [0.2, 0.25) is 0 Å². The molecule has 22 heavy (non-hydrogen) atoms. The maximum atomic E-state index is 12.7. The van der Waals surface area contributed by atoms with Crippen LogP contribution < -0.4 is 4.74 Å². The molecule has 1 amide bonds. The molecule has 1 saturated heterocycles.